The number of carbonyl (C=O) groups excluding carboxylic acids is 1. The first-order valence-electron chi connectivity index (χ1n) is 10.6. The highest BCUT2D eigenvalue weighted by atomic mass is 32.2. The summed E-state index contributed by atoms with van der Waals surface area (Å²) in [7, 11) is -3.67. The van der Waals surface area contributed by atoms with Crippen LogP contribution >= 0.6 is 12.2 Å². The Labute approximate surface area is 200 Å². The normalized spacial score (nSPS) is 15.1. The van der Waals surface area contributed by atoms with Crippen molar-refractivity contribution in [2.75, 3.05) is 31.5 Å². The van der Waals surface area contributed by atoms with Crippen molar-refractivity contribution in [3.63, 3.8) is 0 Å². The van der Waals surface area contributed by atoms with Crippen molar-refractivity contribution in [2.45, 2.75) is 37.8 Å². The zero-order valence-electron chi connectivity index (χ0n) is 18.9. The van der Waals surface area contributed by atoms with Gasteiger partial charge in [0.05, 0.1) is 4.90 Å². The zero-order chi connectivity index (χ0) is 24.1. The second kappa shape index (κ2) is 10.4. The highest BCUT2D eigenvalue weighted by Gasteiger charge is 2.31. The molecule has 9 nitrogen and oxygen atoms in total. The molecule has 2 aromatic rings. The number of thiocarbonyl (C=S) groups is 1. The molecule has 3 rings (SSSR count). The average molecular weight is 492 g/mol. The minimum absolute atomic E-state index is 0.188. The van der Waals surface area contributed by atoms with E-state index in [1.807, 2.05) is 12.1 Å². The average Bonchev–Trinajstić information content (AvgIpc) is 2.78. The van der Waals surface area contributed by atoms with Gasteiger partial charge in [0, 0.05) is 50.8 Å². The molecule has 1 aliphatic heterocycles. The van der Waals surface area contributed by atoms with E-state index in [2.05, 4.69) is 15.6 Å². The topological polar surface area (TPSA) is 104 Å². The summed E-state index contributed by atoms with van der Waals surface area (Å²) < 4.78 is 32.8. The lowest BCUT2D eigenvalue weighted by atomic mass is 10.2. The number of ether oxygens (including phenoxy) is 1. The molecule has 0 atom stereocenters. The van der Waals surface area contributed by atoms with Crippen molar-refractivity contribution < 1.29 is 17.9 Å². The number of amides is 1. The minimum atomic E-state index is -3.67. The Kier molecular flexibility index (Phi) is 7.88. The summed E-state index contributed by atoms with van der Waals surface area (Å²) in [4.78, 5) is 18.0. The van der Waals surface area contributed by atoms with Crippen LogP contribution in [0.15, 0.2) is 53.7 Å². The monoisotopic (exact) mass is 491 g/mol. The molecule has 0 radical (unpaired) electrons. The summed E-state index contributed by atoms with van der Waals surface area (Å²) in [6, 6.07) is 10.2. The van der Waals surface area contributed by atoms with Crippen molar-refractivity contribution in [1.82, 2.24) is 19.5 Å². The van der Waals surface area contributed by atoms with Gasteiger partial charge in [-0.1, -0.05) is 6.07 Å². The summed E-state index contributed by atoms with van der Waals surface area (Å²) in [6.45, 7) is 6.92. The SMILES string of the molecule is CC(C)(C)OC(=O)N1CCN(S(=O)(=O)c2ccc(NC(=S)NCc3cccnc3)cc2)CC1. The number of sulfonamides is 1. The first-order chi connectivity index (χ1) is 15.5. The maximum absolute atomic E-state index is 13.0. The van der Waals surface area contributed by atoms with Gasteiger partial charge in [0.2, 0.25) is 10.0 Å². The molecule has 1 fully saturated rings. The van der Waals surface area contributed by atoms with Crippen LogP contribution in [0.4, 0.5) is 10.5 Å². The summed E-state index contributed by atoms with van der Waals surface area (Å²) in [5.74, 6) is 0. The van der Waals surface area contributed by atoms with Crippen LogP contribution in [0.3, 0.4) is 0 Å². The van der Waals surface area contributed by atoms with Gasteiger partial charge in [0.1, 0.15) is 5.60 Å². The second-order valence-electron chi connectivity index (χ2n) is 8.56. The number of anilines is 1. The molecule has 1 aliphatic rings. The lowest BCUT2D eigenvalue weighted by molar-refractivity contribution is 0.0192. The fraction of sp³-hybridized carbons (Fsp3) is 0.409. The molecule has 2 N–H and O–H groups in total. The molecule has 178 valence electrons. The number of benzene rings is 1. The Morgan fingerprint density at radius 1 is 1.12 bits per heavy atom. The fourth-order valence-electron chi connectivity index (χ4n) is 3.16. The van der Waals surface area contributed by atoms with Crippen molar-refractivity contribution in [3.05, 3.63) is 54.4 Å². The highest BCUT2D eigenvalue weighted by Crippen LogP contribution is 2.21. The molecule has 1 saturated heterocycles. The van der Waals surface area contributed by atoms with E-state index >= 15 is 0 Å². The number of pyridine rings is 1. The van der Waals surface area contributed by atoms with Crippen LogP contribution < -0.4 is 10.6 Å². The number of aromatic nitrogens is 1. The van der Waals surface area contributed by atoms with Crippen LogP contribution in [0.5, 0.6) is 0 Å². The van der Waals surface area contributed by atoms with Gasteiger partial charge >= 0.3 is 6.09 Å². The number of nitrogens with one attached hydrogen (secondary N) is 2. The molecule has 1 aromatic heterocycles. The molecular formula is C22H29N5O4S2. The Balaban J connectivity index is 1.53. The van der Waals surface area contributed by atoms with Crippen LogP contribution in [-0.2, 0) is 21.3 Å². The van der Waals surface area contributed by atoms with E-state index in [1.54, 1.807) is 57.4 Å². The lowest BCUT2D eigenvalue weighted by Gasteiger charge is -2.35. The lowest BCUT2D eigenvalue weighted by Crippen LogP contribution is -2.51. The van der Waals surface area contributed by atoms with E-state index in [1.165, 1.54) is 9.21 Å². The van der Waals surface area contributed by atoms with Gasteiger partial charge in [0.25, 0.3) is 0 Å². The number of piperazine rings is 1. The molecule has 2 heterocycles. The highest BCUT2D eigenvalue weighted by molar-refractivity contribution is 7.89. The van der Waals surface area contributed by atoms with Crippen molar-refractivity contribution in [2.24, 2.45) is 0 Å². The van der Waals surface area contributed by atoms with Gasteiger partial charge < -0.3 is 20.3 Å². The number of nitrogens with zero attached hydrogens (tertiary/aromatic N) is 3. The molecule has 11 heteroatoms. The van der Waals surface area contributed by atoms with Crippen LogP contribution in [0.25, 0.3) is 0 Å². The third-order valence-electron chi connectivity index (χ3n) is 4.82. The first kappa shape index (κ1) is 24.9. The molecule has 0 aliphatic carbocycles. The molecule has 33 heavy (non-hydrogen) atoms. The standard InChI is InChI=1S/C22H29N5O4S2/c1-22(2,3)31-21(28)26-11-13-27(14-12-26)33(29,30)19-8-6-18(7-9-19)25-20(32)24-16-17-5-4-10-23-15-17/h4-10,15H,11-14,16H2,1-3H3,(H2,24,25,32). The van der Waals surface area contributed by atoms with Gasteiger partial charge in [-0.25, -0.2) is 13.2 Å². The summed E-state index contributed by atoms with van der Waals surface area (Å²) in [6.07, 6.45) is 3.03. The predicted molar refractivity (Wildman–Crippen MR) is 130 cm³/mol. The number of hydrogen-bond donors (Lipinski definition) is 2. The predicted octanol–water partition coefficient (Wildman–Crippen LogP) is 2.81. The Morgan fingerprint density at radius 3 is 2.36 bits per heavy atom. The summed E-state index contributed by atoms with van der Waals surface area (Å²) in [5.41, 5.74) is 1.08. The van der Waals surface area contributed by atoms with Gasteiger partial charge in [0.15, 0.2) is 5.11 Å². The Morgan fingerprint density at radius 2 is 1.79 bits per heavy atom. The fourth-order valence-corrected chi connectivity index (χ4v) is 4.77. The molecule has 0 spiro atoms. The smallest absolute Gasteiger partial charge is 0.410 e. The maximum atomic E-state index is 13.0. The Bertz CT molecular complexity index is 1060. The van der Waals surface area contributed by atoms with E-state index in [9.17, 15) is 13.2 Å². The van der Waals surface area contributed by atoms with Crippen molar-refractivity contribution in [3.8, 4) is 0 Å². The Hall–Kier alpha value is -2.76. The van der Waals surface area contributed by atoms with Gasteiger partial charge in [-0.3, -0.25) is 4.98 Å². The van der Waals surface area contributed by atoms with Crippen molar-refractivity contribution >= 4 is 39.1 Å². The third kappa shape index (κ3) is 7.11. The molecule has 0 unspecified atom stereocenters. The van der Waals surface area contributed by atoms with Gasteiger partial charge in [-0.05, 0) is 68.9 Å². The summed E-state index contributed by atoms with van der Waals surface area (Å²) >= 11 is 5.30. The molecule has 1 amide bonds. The third-order valence-corrected chi connectivity index (χ3v) is 6.98. The van der Waals surface area contributed by atoms with Crippen LogP contribution in [0.2, 0.25) is 0 Å². The van der Waals surface area contributed by atoms with E-state index in [0.717, 1.165) is 5.56 Å². The molecule has 0 bridgehead atoms. The number of hydrogen-bond acceptors (Lipinski definition) is 6. The van der Waals surface area contributed by atoms with E-state index < -0.39 is 21.7 Å². The van der Waals surface area contributed by atoms with Gasteiger partial charge in [-0.15, -0.1) is 0 Å². The first-order valence-corrected chi connectivity index (χ1v) is 12.4. The van der Waals surface area contributed by atoms with E-state index in [-0.39, 0.29) is 31.1 Å². The van der Waals surface area contributed by atoms with Crippen LogP contribution in [0, 0.1) is 0 Å². The number of carbonyl (C=O) groups is 1. The summed E-state index contributed by atoms with van der Waals surface area (Å²) in [5, 5.41) is 6.55. The quantitative estimate of drug-likeness (QED) is 0.616. The second-order valence-corrected chi connectivity index (χ2v) is 10.9. The van der Waals surface area contributed by atoms with Crippen LogP contribution in [0.1, 0.15) is 26.3 Å². The maximum Gasteiger partial charge on any atom is 0.410 e. The minimum Gasteiger partial charge on any atom is -0.444 e. The van der Waals surface area contributed by atoms with E-state index in [0.29, 0.717) is 17.3 Å². The van der Waals surface area contributed by atoms with Gasteiger partial charge in [-0.2, -0.15) is 4.31 Å². The zero-order valence-corrected chi connectivity index (χ0v) is 20.6. The molecule has 0 saturated carbocycles. The van der Waals surface area contributed by atoms with Crippen LogP contribution in [-0.4, -0.2) is 65.6 Å². The molecular weight excluding hydrogens is 462 g/mol. The largest absolute Gasteiger partial charge is 0.444 e. The molecule has 1 aromatic carbocycles. The van der Waals surface area contributed by atoms with E-state index in [4.69, 9.17) is 17.0 Å². The van der Waals surface area contributed by atoms with Crippen molar-refractivity contribution in [1.29, 1.82) is 0 Å². The number of rotatable bonds is 5.